The van der Waals surface area contributed by atoms with Crippen LogP contribution in [0.15, 0.2) is 121 Å². The molecule has 0 saturated carbocycles. The summed E-state index contributed by atoms with van der Waals surface area (Å²) in [6.45, 7) is 2.90. The van der Waals surface area contributed by atoms with E-state index in [1.807, 2.05) is 6.07 Å². The number of ether oxygens (including phenoxy) is 5. The van der Waals surface area contributed by atoms with Crippen molar-refractivity contribution in [3.05, 3.63) is 149 Å². The van der Waals surface area contributed by atoms with Crippen LogP contribution in [0.25, 0.3) is 0 Å². The first-order valence-electron chi connectivity index (χ1n) is 20.2. The average Bonchev–Trinajstić information content (AvgIpc) is 3.26. The molecule has 0 bridgehead atoms. The van der Waals surface area contributed by atoms with E-state index in [0.29, 0.717) is 17.9 Å². The largest absolute Gasteiger partial charge is 0.494 e. The van der Waals surface area contributed by atoms with Gasteiger partial charge in [-0.1, -0.05) is 77.6 Å². The number of hydrogen-bond acceptors (Lipinski definition) is 10. The molecule has 0 spiro atoms. The summed E-state index contributed by atoms with van der Waals surface area (Å²) in [7, 11) is 0. The van der Waals surface area contributed by atoms with Crippen LogP contribution in [0, 0.1) is 11.3 Å². The molecule has 5 rings (SSSR count). The molecule has 5 aromatic carbocycles. The predicted molar refractivity (Wildman–Crippen MR) is 223 cm³/mol. The number of hydrogen-bond donors (Lipinski definition) is 0. The monoisotopic (exact) mass is 795 g/mol. The van der Waals surface area contributed by atoms with Crippen molar-refractivity contribution in [3.8, 4) is 34.8 Å². The van der Waals surface area contributed by atoms with Gasteiger partial charge in [-0.15, -0.1) is 0 Å². The maximum Gasteiger partial charge on any atom is 0.343 e. The summed E-state index contributed by atoms with van der Waals surface area (Å²) >= 11 is 0. The molecule has 0 unspecified atom stereocenters. The Morgan fingerprint density at radius 1 is 0.390 bits per heavy atom. The van der Waals surface area contributed by atoms with E-state index < -0.39 is 23.9 Å². The topological polar surface area (TPSA) is 138 Å². The molecule has 0 amide bonds. The third kappa shape index (κ3) is 14.6. The third-order valence-electron chi connectivity index (χ3n) is 9.45. The van der Waals surface area contributed by atoms with Gasteiger partial charge in [0.05, 0.1) is 40.5 Å². The minimum absolute atomic E-state index is 0.197. The number of carbonyl (C=O) groups excluding carboxylic acids is 4. The van der Waals surface area contributed by atoms with Gasteiger partial charge in [-0.2, -0.15) is 5.26 Å². The number of carbonyl (C=O) groups is 4. The van der Waals surface area contributed by atoms with Crippen LogP contribution in [0.2, 0.25) is 0 Å². The van der Waals surface area contributed by atoms with Gasteiger partial charge >= 0.3 is 23.9 Å². The number of rotatable bonds is 22. The van der Waals surface area contributed by atoms with E-state index in [4.69, 9.17) is 28.9 Å². The number of esters is 4. The molecular formula is C49H49NO9. The maximum absolute atomic E-state index is 12.8. The molecule has 0 heterocycles. The minimum Gasteiger partial charge on any atom is -0.494 e. The Morgan fingerprint density at radius 2 is 0.661 bits per heavy atom. The fourth-order valence-corrected chi connectivity index (χ4v) is 6.06. The number of nitrogens with zero attached hydrogens (tertiary/aromatic N) is 1. The van der Waals surface area contributed by atoms with Crippen molar-refractivity contribution in [2.75, 3.05) is 6.61 Å². The van der Waals surface area contributed by atoms with Gasteiger partial charge in [0.15, 0.2) is 0 Å². The summed E-state index contributed by atoms with van der Waals surface area (Å²) in [5, 5.41) is 8.91. The van der Waals surface area contributed by atoms with Gasteiger partial charge in [-0.05, 0) is 128 Å². The summed E-state index contributed by atoms with van der Waals surface area (Å²) in [6, 6.07) is 32.6. The zero-order valence-corrected chi connectivity index (χ0v) is 33.4. The van der Waals surface area contributed by atoms with Crippen molar-refractivity contribution in [1.29, 1.82) is 5.26 Å². The fourth-order valence-electron chi connectivity index (χ4n) is 6.06. The molecule has 0 N–H and O–H groups in total. The highest BCUT2D eigenvalue weighted by Crippen LogP contribution is 2.22. The summed E-state index contributed by atoms with van der Waals surface area (Å²) in [5.74, 6) is -0.719. The van der Waals surface area contributed by atoms with E-state index in [1.165, 1.54) is 161 Å². The molecule has 0 fully saturated rings. The fraction of sp³-hybridized carbons (Fsp3) is 0.286. The van der Waals surface area contributed by atoms with E-state index in [0.717, 1.165) is 18.6 Å². The van der Waals surface area contributed by atoms with Crippen molar-refractivity contribution < 1.29 is 42.9 Å². The first-order valence-corrected chi connectivity index (χ1v) is 20.2. The van der Waals surface area contributed by atoms with Crippen molar-refractivity contribution in [2.45, 2.75) is 84.0 Å². The Balaban J connectivity index is 0.979. The van der Waals surface area contributed by atoms with Crippen LogP contribution in [0.5, 0.6) is 28.7 Å². The SMILES string of the molecule is CCCCCCCCCCCCCCOc1ccc(OC(=O)c2ccc(OC(=O)c3ccc(OC(=O)c4ccc(OC(=O)c5ccc(C#N)cc5)cc4)cc3)cc2)cc1. The second-order valence-corrected chi connectivity index (χ2v) is 14.0. The van der Waals surface area contributed by atoms with E-state index in [1.54, 1.807) is 24.3 Å². The van der Waals surface area contributed by atoms with E-state index in [-0.39, 0.29) is 39.5 Å². The predicted octanol–water partition coefficient (Wildman–Crippen LogP) is 11.5. The summed E-state index contributed by atoms with van der Waals surface area (Å²) in [5.41, 5.74) is 1.40. The molecule has 10 nitrogen and oxygen atoms in total. The Hall–Kier alpha value is -6.73. The van der Waals surface area contributed by atoms with Gasteiger partial charge in [0.1, 0.15) is 28.7 Å². The van der Waals surface area contributed by atoms with E-state index >= 15 is 0 Å². The first kappa shape index (κ1) is 43.4. The molecule has 0 aliphatic rings. The smallest absolute Gasteiger partial charge is 0.343 e. The Labute approximate surface area is 345 Å². The molecule has 304 valence electrons. The molecular weight excluding hydrogens is 747 g/mol. The molecule has 59 heavy (non-hydrogen) atoms. The highest BCUT2D eigenvalue weighted by molar-refractivity contribution is 5.94. The van der Waals surface area contributed by atoms with Crippen LogP contribution in [0.3, 0.4) is 0 Å². The quantitative estimate of drug-likeness (QED) is 0.0378. The van der Waals surface area contributed by atoms with Gasteiger partial charge in [0.25, 0.3) is 0 Å². The lowest BCUT2D eigenvalue weighted by atomic mass is 10.1. The molecule has 0 aromatic heterocycles. The van der Waals surface area contributed by atoms with Crippen LogP contribution in [0.1, 0.15) is 131 Å². The van der Waals surface area contributed by atoms with E-state index in [9.17, 15) is 19.2 Å². The Kier molecular flexibility index (Phi) is 17.3. The number of unbranched alkanes of at least 4 members (excludes halogenated alkanes) is 11. The maximum atomic E-state index is 12.8. The van der Waals surface area contributed by atoms with Crippen LogP contribution in [-0.4, -0.2) is 30.5 Å². The summed E-state index contributed by atoms with van der Waals surface area (Å²) < 4.78 is 27.6. The van der Waals surface area contributed by atoms with Crippen molar-refractivity contribution in [3.63, 3.8) is 0 Å². The molecule has 0 aliphatic carbocycles. The average molecular weight is 796 g/mol. The number of nitriles is 1. The van der Waals surface area contributed by atoms with Gasteiger partial charge in [-0.3, -0.25) is 0 Å². The Morgan fingerprint density at radius 3 is 0.983 bits per heavy atom. The standard InChI is InChI=1S/C49H49NO9/c1-2-3-4-5-6-7-8-9-10-11-12-13-34-55-41-30-32-45(33-31-41)59-49(54)40-22-28-44(29-23-40)58-48(53)39-20-26-43(27-21-39)57-47(52)38-18-24-42(25-19-38)56-46(51)37-16-14-36(35-50)15-17-37/h14-33H,2-13,34H2,1H3. The van der Waals surface area contributed by atoms with Gasteiger partial charge in [0, 0.05) is 0 Å². The number of benzene rings is 5. The molecule has 0 atom stereocenters. The highest BCUT2D eigenvalue weighted by Gasteiger charge is 2.15. The normalized spacial score (nSPS) is 10.6. The Bertz CT molecular complexity index is 2140. The zero-order valence-electron chi connectivity index (χ0n) is 33.4. The molecule has 10 heteroatoms. The molecule has 0 radical (unpaired) electrons. The lowest BCUT2D eigenvalue weighted by Crippen LogP contribution is -2.11. The van der Waals surface area contributed by atoms with Gasteiger partial charge in [-0.25, -0.2) is 19.2 Å². The molecule has 5 aromatic rings. The minimum atomic E-state index is -0.657. The van der Waals surface area contributed by atoms with E-state index in [2.05, 4.69) is 6.92 Å². The second-order valence-electron chi connectivity index (χ2n) is 14.0. The summed E-state index contributed by atoms with van der Waals surface area (Å²) in [4.78, 5) is 50.6. The molecule has 0 aliphatic heterocycles. The lowest BCUT2D eigenvalue weighted by molar-refractivity contribution is 0.0722. The lowest BCUT2D eigenvalue weighted by Gasteiger charge is -2.09. The van der Waals surface area contributed by atoms with Gasteiger partial charge < -0.3 is 23.7 Å². The van der Waals surface area contributed by atoms with Crippen LogP contribution in [-0.2, 0) is 0 Å². The molecule has 0 saturated heterocycles. The second kappa shape index (κ2) is 23.5. The van der Waals surface area contributed by atoms with Crippen molar-refractivity contribution in [1.82, 2.24) is 0 Å². The highest BCUT2D eigenvalue weighted by atomic mass is 16.5. The van der Waals surface area contributed by atoms with Crippen LogP contribution >= 0.6 is 0 Å². The first-order chi connectivity index (χ1) is 28.8. The zero-order chi connectivity index (χ0) is 41.7. The van der Waals surface area contributed by atoms with Crippen molar-refractivity contribution >= 4 is 23.9 Å². The van der Waals surface area contributed by atoms with Crippen LogP contribution in [0.4, 0.5) is 0 Å². The van der Waals surface area contributed by atoms with Crippen molar-refractivity contribution in [2.24, 2.45) is 0 Å². The third-order valence-corrected chi connectivity index (χ3v) is 9.45. The van der Waals surface area contributed by atoms with Gasteiger partial charge in [0.2, 0.25) is 0 Å². The summed E-state index contributed by atoms with van der Waals surface area (Å²) in [6.07, 6.45) is 15.5. The van der Waals surface area contributed by atoms with Crippen LogP contribution < -0.4 is 23.7 Å².